The quantitative estimate of drug-likeness (QED) is 0.242. The van der Waals surface area contributed by atoms with Crippen LogP contribution in [0, 0.1) is 11.8 Å². The first-order valence-electron chi connectivity index (χ1n) is 13.8. The minimum Gasteiger partial charge on any atom is -0.458 e. The van der Waals surface area contributed by atoms with Crippen LogP contribution in [-0.4, -0.2) is 35.3 Å². The fraction of sp³-hybridized carbons (Fsp3) is 0.452. The Balaban J connectivity index is 1.37. The summed E-state index contributed by atoms with van der Waals surface area (Å²) < 4.78 is 33.7. The standard InChI is InChI=1S/C31H36N2O5S/c1-3-15-31(16-14-22-8-5-4-6-9-22)18-26(34)29(30(35)38-31)28(24-12-13-24)25-11-7-10-23(17-25)20-39(36,37)27-19-33(2)21-32-27/h4-11,17,19,21,24,28-29H,3,12-16,18,20H2,1-2H3. The second-order valence-corrected chi connectivity index (χ2v) is 13.1. The number of sulfone groups is 1. The van der Waals surface area contributed by atoms with E-state index in [1.165, 1.54) is 12.5 Å². The molecule has 1 saturated carbocycles. The van der Waals surface area contributed by atoms with Crippen LogP contribution in [0.2, 0.25) is 0 Å². The number of hydrogen-bond acceptors (Lipinski definition) is 6. The lowest BCUT2D eigenvalue weighted by atomic mass is 9.73. The molecule has 3 unspecified atom stereocenters. The van der Waals surface area contributed by atoms with Gasteiger partial charge in [-0.05, 0) is 54.7 Å². The normalized spacial score (nSPS) is 22.5. The number of benzene rings is 2. The van der Waals surface area contributed by atoms with Gasteiger partial charge in [0.15, 0.2) is 10.8 Å². The van der Waals surface area contributed by atoms with Gasteiger partial charge in [-0.25, -0.2) is 13.4 Å². The van der Waals surface area contributed by atoms with E-state index in [0.717, 1.165) is 36.8 Å². The molecule has 39 heavy (non-hydrogen) atoms. The summed E-state index contributed by atoms with van der Waals surface area (Å²) in [7, 11) is -1.90. The molecule has 0 N–H and O–H groups in total. The largest absolute Gasteiger partial charge is 0.458 e. The van der Waals surface area contributed by atoms with Crippen molar-refractivity contribution in [1.29, 1.82) is 0 Å². The Bertz CT molecular complexity index is 1420. The van der Waals surface area contributed by atoms with Gasteiger partial charge in [0.1, 0.15) is 11.5 Å². The van der Waals surface area contributed by atoms with Crippen LogP contribution in [0.25, 0.3) is 0 Å². The number of esters is 1. The van der Waals surface area contributed by atoms with Crippen molar-refractivity contribution in [2.45, 2.75) is 74.2 Å². The molecule has 206 valence electrons. The van der Waals surface area contributed by atoms with Crippen molar-refractivity contribution in [2.75, 3.05) is 0 Å². The Hall–Kier alpha value is -3.26. The van der Waals surface area contributed by atoms with Crippen LogP contribution in [0.3, 0.4) is 0 Å². The molecule has 0 spiro atoms. The van der Waals surface area contributed by atoms with E-state index < -0.39 is 27.3 Å². The first-order valence-corrected chi connectivity index (χ1v) is 15.4. The van der Waals surface area contributed by atoms with Gasteiger partial charge in [0.2, 0.25) is 9.84 Å². The van der Waals surface area contributed by atoms with E-state index in [4.69, 9.17) is 4.74 Å². The van der Waals surface area contributed by atoms with Gasteiger partial charge in [-0.3, -0.25) is 9.59 Å². The highest BCUT2D eigenvalue weighted by Crippen LogP contribution is 2.50. The van der Waals surface area contributed by atoms with Crippen LogP contribution in [0.5, 0.6) is 0 Å². The van der Waals surface area contributed by atoms with Gasteiger partial charge < -0.3 is 9.30 Å². The zero-order valence-corrected chi connectivity index (χ0v) is 23.4. The molecular formula is C31H36N2O5S. The summed E-state index contributed by atoms with van der Waals surface area (Å²) in [5.74, 6) is -1.65. The second-order valence-electron chi connectivity index (χ2n) is 11.2. The topological polar surface area (TPSA) is 95.3 Å². The van der Waals surface area contributed by atoms with Crippen molar-refractivity contribution in [2.24, 2.45) is 18.9 Å². The summed E-state index contributed by atoms with van der Waals surface area (Å²) in [5, 5.41) is 0.0305. The summed E-state index contributed by atoms with van der Waals surface area (Å²) in [6.45, 7) is 2.05. The zero-order valence-electron chi connectivity index (χ0n) is 22.6. The van der Waals surface area contributed by atoms with Crippen molar-refractivity contribution < 1.29 is 22.7 Å². The lowest BCUT2D eigenvalue weighted by molar-refractivity contribution is -0.180. The minimum atomic E-state index is -3.63. The highest BCUT2D eigenvalue weighted by Gasteiger charge is 2.52. The van der Waals surface area contributed by atoms with E-state index in [1.54, 1.807) is 17.7 Å². The van der Waals surface area contributed by atoms with E-state index in [9.17, 15) is 18.0 Å². The number of carbonyl (C=O) groups excluding carboxylic acids is 2. The Labute approximate surface area is 230 Å². The second kappa shape index (κ2) is 11.1. The summed E-state index contributed by atoms with van der Waals surface area (Å²) in [6.07, 6.45) is 7.88. The van der Waals surface area contributed by atoms with Gasteiger partial charge >= 0.3 is 5.97 Å². The number of aromatic nitrogens is 2. The molecule has 2 heterocycles. The molecule has 0 amide bonds. The number of Topliss-reactive ketones (excluding diaryl/α,β-unsaturated/α-hetero) is 1. The van der Waals surface area contributed by atoms with Crippen LogP contribution in [0.4, 0.5) is 0 Å². The summed E-state index contributed by atoms with van der Waals surface area (Å²) in [4.78, 5) is 31.4. The zero-order chi connectivity index (χ0) is 27.6. The van der Waals surface area contributed by atoms with E-state index >= 15 is 0 Å². The lowest BCUT2D eigenvalue weighted by Crippen LogP contribution is -2.49. The van der Waals surface area contributed by atoms with Gasteiger partial charge in [-0.1, -0.05) is 67.9 Å². The molecule has 3 atom stereocenters. The Morgan fingerprint density at radius 2 is 1.79 bits per heavy atom. The number of nitrogens with zero attached hydrogens (tertiary/aromatic N) is 2. The fourth-order valence-electron chi connectivity index (χ4n) is 6.02. The van der Waals surface area contributed by atoms with Crippen LogP contribution >= 0.6 is 0 Å². The van der Waals surface area contributed by atoms with Gasteiger partial charge in [0.05, 0.1) is 12.1 Å². The SMILES string of the molecule is CCCC1(CCc2ccccc2)CC(=O)C(C(c2cccc(CS(=O)(=O)c3cn(C)cn3)c2)C2CC2)C(=O)O1. The molecule has 8 heteroatoms. The molecule has 2 aliphatic rings. The molecule has 1 aliphatic heterocycles. The van der Waals surface area contributed by atoms with Crippen LogP contribution in [0.1, 0.15) is 68.1 Å². The number of ether oxygens (including phenoxy) is 1. The third-order valence-corrected chi connectivity index (χ3v) is 9.57. The average Bonchev–Trinajstić information content (AvgIpc) is 3.63. The Morgan fingerprint density at radius 3 is 2.44 bits per heavy atom. The number of cyclic esters (lactones) is 1. The minimum absolute atomic E-state index is 0.0305. The number of ketones is 1. The first-order chi connectivity index (χ1) is 18.7. The fourth-order valence-corrected chi connectivity index (χ4v) is 7.32. The molecule has 3 aromatic rings. The van der Waals surface area contributed by atoms with E-state index in [1.807, 2.05) is 43.3 Å². The van der Waals surface area contributed by atoms with E-state index in [-0.39, 0.29) is 34.8 Å². The van der Waals surface area contributed by atoms with Gasteiger partial charge in [0, 0.05) is 25.6 Å². The maximum atomic E-state index is 13.7. The molecule has 1 aliphatic carbocycles. The lowest BCUT2D eigenvalue weighted by Gasteiger charge is -2.41. The molecule has 7 nitrogen and oxygen atoms in total. The van der Waals surface area contributed by atoms with Gasteiger partial charge in [-0.2, -0.15) is 0 Å². The number of hydrogen-bond donors (Lipinski definition) is 0. The summed E-state index contributed by atoms with van der Waals surface area (Å²) >= 11 is 0. The molecule has 2 aromatic carbocycles. The van der Waals surface area contributed by atoms with E-state index in [0.29, 0.717) is 18.4 Å². The highest BCUT2D eigenvalue weighted by molar-refractivity contribution is 7.90. The predicted molar refractivity (Wildman–Crippen MR) is 148 cm³/mol. The smallest absolute Gasteiger partial charge is 0.317 e. The van der Waals surface area contributed by atoms with Crippen LogP contribution in [-0.2, 0) is 43.4 Å². The summed E-state index contributed by atoms with van der Waals surface area (Å²) in [5.41, 5.74) is 1.83. The molecule has 5 rings (SSSR count). The number of rotatable bonds is 11. The molecule has 2 fully saturated rings. The maximum absolute atomic E-state index is 13.7. The van der Waals surface area contributed by atoms with E-state index in [2.05, 4.69) is 17.1 Å². The van der Waals surface area contributed by atoms with Gasteiger partial charge in [0.25, 0.3) is 0 Å². The first kappa shape index (κ1) is 27.3. The van der Waals surface area contributed by atoms with Crippen molar-refractivity contribution in [3.63, 3.8) is 0 Å². The average molecular weight is 549 g/mol. The maximum Gasteiger partial charge on any atom is 0.317 e. The van der Waals surface area contributed by atoms with Crippen molar-refractivity contribution in [1.82, 2.24) is 9.55 Å². The number of aryl methyl sites for hydroxylation is 2. The molecule has 0 radical (unpaired) electrons. The molecule has 1 aromatic heterocycles. The third-order valence-electron chi connectivity index (χ3n) is 8.01. The highest BCUT2D eigenvalue weighted by atomic mass is 32.2. The third kappa shape index (κ3) is 6.16. The monoisotopic (exact) mass is 548 g/mol. The van der Waals surface area contributed by atoms with Crippen molar-refractivity contribution in [3.05, 3.63) is 83.8 Å². The molecule has 0 bridgehead atoms. The van der Waals surface area contributed by atoms with Gasteiger partial charge in [-0.15, -0.1) is 0 Å². The van der Waals surface area contributed by atoms with Crippen molar-refractivity contribution >= 4 is 21.6 Å². The number of carbonyl (C=O) groups is 2. The van der Waals surface area contributed by atoms with Crippen LogP contribution in [0.15, 0.2) is 72.1 Å². The van der Waals surface area contributed by atoms with Crippen molar-refractivity contribution in [3.8, 4) is 0 Å². The molecular weight excluding hydrogens is 512 g/mol. The summed E-state index contributed by atoms with van der Waals surface area (Å²) in [6, 6.07) is 17.4. The predicted octanol–water partition coefficient (Wildman–Crippen LogP) is 5.19. The molecule has 1 saturated heterocycles. The Kier molecular flexibility index (Phi) is 7.76. The van der Waals surface area contributed by atoms with Crippen LogP contribution < -0.4 is 0 Å². The number of imidazole rings is 1. The Morgan fingerprint density at radius 1 is 1.05 bits per heavy atom.